The summed E-state index contributed by atoms with van der Waals surface area (Å²) in [6.45, 7) is 6.61. The van der Waals surface area contributed by atoms with E-state index in [2.05, 4.69) is 5.32 Å². The Morgan fingerprint density at radius 1 is 0.844 bits per heavy atom. The smallest absolute Gasteiger partial charge is 0.264 e. The van der Waals surface area contributed by atoms with Crippen molar-refractivity contribution in [3.63, 3.8) is 0 Å². The molecule has 0 heterocycles. The number of sulfonamides is 1. The van der Waals surface area contributed by atoms with Crippen LogP contribution < -0.4 is 14.4 Å². The van der Waals surface area contributed by atoms with E-state index in [1.807, 2.05) is 39.0 Å². The molecular formula is C35H38FN3O5S. The predicted octanol–water partition coefficient (Wildman–Crippen LogP) is 6.45. The molecule has 0 unspecified atom stereocenters. The number of aryl methyl sites for hydroxylation is 1. The average Bonchev–Trinajstić information content (AvgIpc) is 3.04. The summed E-state index contributed by atoms with van der Waals surface area (Å²) in [6.07, 6.45) is 0.691. The number of hydrogen-bond acceptors (Lipinski definition) is 5. The molecule has 0 aliphatic rings. The highest BCUT2D eigenvalue weighted by Gasteiger charge is 2.33. The van der Waals surface area contributed by atoms with Crippen molar-refractivity contribution in [1.29, 1.82) is 0 Å². The molecule has 0 bridgehead atoms. The molecule has 236 valence electrons. The summed E-state index contributed by atoms with van der Waals surface area (Å²) < 4.78 is 48.7. The largest absolute Gasteiger partial charge is 0.457 e. The van der Waals surface area contributed by atoms with Gasteiger partial charge in [-0.25, -0.2) is 12.8 Å². The minimum absolute atomic E-state index is 0.0122. The molecule has 2 atom stereocenters. The van der Waals surface area contributed by atoms with E-state index in [1.54, 1.807) is 55.5 Å². The van der Waals surface area contributed by atoms with E-state index in [-0.39, 0.29) is 29.1 Å². The van der Waals surface area contributed by atoms with Crippen LogP contribution in [0.25, 0.3) is 0 Å². The average molecular weight is 632 g/mol. The summed E-state index contributed by atoms with van der Waals surface area (Å²) in [5, 5.41) is 2.89. The van der Waals surface area contributed by atoms with Crippen LogP contribution in [-0.4, -0.2) is 43.8 Å². The molecule has 0 saturated heterocycles. The highest BCUT2D eigenvalue weighted by Crippen LogP contribution is 2.29. The van der Waals surface area contributed by atoms with Gasteiger partial charge in [0.25, 0.3) is 10.0 Å². The number of carbonyl (C=O) groups excluding carboxylic acids is 2. The Balaban J connectivity index is 1.70. The van der Waals surface area contributed by atoms with Crippen LogP contribution in [0.15, 0.2) is 108 Å². The molecule has 45 heavy (non-hydrogen) atoms. The second-order valence-electron chi connectivity index (χ2n) is 10.9. The molecule has 0 aliphatic carbocycles. The molecule has 8 nitrogen and oxygen atoms in total. The van der Waals surface area contributed by atoms with E-state index < -0.39 is 34.3 Å². The molecule has 0 aromatic heterocycles. The topological polar surface area (TPSA) is 96.0 Å². The first-order chi connectivity index (χ1) is 21.5. The van der Waals surface area contributed by atoms with Gasteiger partial charge in [-0.3, -0.25) is 13.9 Å². The zero-order valence-corrected chi connectivity index (χ0v) is 26.6. The van der Waals surface area contributed by atoms with Crippen molar-refractivity contribution in [3.8, 4) is 11.5 Å². The fourth-order valence-electron chi connectivity index (χ4n) is 4.51. The van der Waals surface area contributed by atoms with Crippen LogP contribution in [0, 0.1) is 12.7 Å². The minimum Gasteiger partial charge on any atom is -0.457 e. The van der Waals surface area contributed by atoms with Gasteiger partial charge in [0.2, 0.25) is 11.8 Å². The summed E-state index contributed by atoms with van der Waals surface area (Å²) in [7, 11) is -4.22. The van der Waals surface area contributed by atoms with E-state index in [0.29, 0.717) is 23.5 Å². The number of nitrogens with zero attached hydrogens (tertiary/aromatic N) is 2. The normalized spacial score (nSPS) is 12.6. The quantitative estimate of drug-likeness (QED) is 0.183. The maximum absolute atomic E-state index is 14.1. The minimum atomic E-state index is -4.22. The molecule has 0 aliphatic heterocycles. The van der Waals surface area contributed by atoms with Crippen LogP contribution in [0.1, 0.15) is 38.3 Å². The van der Waals surface area contributed by atoms with E-state index >= 15 is 0 Å². The molecule has 4 aromatic carbocycles. The number of amides is 2. The van der Waals surface area contributed by atoms with Crippen molar-refractivity contribution in [3.05, 3.63) is 120 Å². The first-order valence-electron chi connectivity index (χ1n) is 14.7. The molecule has 1 N–H and O–H groups in total. The van der Waals surface area contributed by atoms with Crippen LogP contribution in [0.4, 0.5) is 10.1 Å². The molecule has 0 radical (unpaired) electrons. The second-order valence-corrected chi connectivity index (χ2v) is 12.7. The fraction of sp³-hybridized carbons (Fsp3) is 0.257. The van der Waals surface area contributed by atoms with E-state index in [0.717, 1.165) is 9.87 Å². The highest BCUT2D eigenvalue weighted by molar-refractivity contribution is 7.92. The number of anilines is 1. The lowest BCUT2D eigenvalue weighted by molar-refractivity contribution is -0.139. The Morgan fingerprint density at radius 3 is 2.04 bits per heavy atom. The molecule has 0 fully saturated rings. The number of ether oxygens (including phenoxy) is 1. The number of hydrogen-bond donors (Lipinski definition) is 1. The number of carbonyl (C=O) groups is 2. The molecule has 2 amide bonds. The van der Waals surface area contributed by atoms with Crippen molar-refractivity contribution < 1.29 is 27.1 Å². The van der Waals surface area contributed by atoms with Crippen LogP contribution in [0.2, 0.25) is 0 Å². The van der Waals surface area contributed by atoms with Crippen molar-refractivity contribution in [1.82, 2.24) is 10.2 Å². The maximum atomic E-state index is 14.1. The van der Waals surface area contributed by atoms with Gasteiger partial charge >= 0.3 is 0 Å². The Kier molecular flexibility index (Phi) is 11.0. The molecular weight excluding hydrogens is 593 g/mol. The van der Waals surface area contributed by atoms with Crippen molar-refractivity contribution in [2.45, 2.75) is 57.6 Å². The van der Waals surface area contributed by atoms with Gasteiger partial charge in [0.1, 0.15) is 29.9 Å². The Morgan fingerprint density at radius 2 is 1.44 bits per heavy atom. The molecule has 10 heteroatoms. The van der Waals surface area contributed by atoms with Gasteiger partial charge in [-0.2, -0.15) is 0 Å². The third-order valence-corrected chi connectivity index (χ3v) is 9.21. The molecule has 0 saturated carbocycles. The van der Waals surface area contributed by atoms with Crippen LogP contribution >= 0.6 is 0 Å². The van der Waals surface area contributed by atoms with Crippen molar-refractivity contribution >= 4 is 27.5 Å². The Labute approximate surface area is 264 Å². The van der Waals surface area contributed by atoms with Crippen LogP contribution in [0.5, 0.6) is 11.5 Å². The second kappa shape index (κ2) is 14.9. The maximum Gasteiger partial charge on any atom is 0.264 e. The van der Waals surface area contributed by atoms with Gasteiger partial charge in [-0.15, -0.1) is 0 Å². The predicted molar refractivity (Wildman–Crippen MR) is 173 cm³/mol. The first-order valence-corrected chi connectivity index (χ1v) is 16.2. The van der Waals surface area contributed by atoms with E-state index in [9.17, 15) is 22.4 Å². The summed E-state index contributed by atoms with van der Waals surface area (Å²) >= 11 is 0. The fourth-order valence-corrected chi connectivity index (χ4v) is 5.92. The van der Waals surface area contributed by atoms with E-state index in [4.69, 9.17) is 4.74 Å². The SMILES string of the molecule is CC[C@@H](C)NC(=O)[C@H](C)N(Cc1ccc(F)cc1)C(=O)CN(c1ccc(Oc2ccccc2)cc1)S(=O)(=O)c1ccc(C)cc1. The number of para-hydroxylation sites is 1. The first kappa shape index (κ1) is 33.2. The molecule has 4 rings (SSSR count). The number of benzene rings is 4. The number of nitrogens with one attached hydrogen (secondary N) is 1. The Hall–Kier alpha value is -4.70. The lowest BCUT2D eigenvalue weighted by atomic mass is 10.1. The summed E-state index contributed by atoms with van der Waals surface area (Å²) in [4.78, 5) is 28.6. The highest BCUT2D eigenvalue weighted by atomic mass is 32.2. The third-order valence-electron chi connectivity index (χ3n) is 7.43. The van der Waals surface area contributed by atoms with Gasteiger partial charge in [-0.05, 0) is 93.4 Å². The summed E-state index contributed by atoms with van der Waals surface area (Å²) in [5.74, 6) is -0.321. The van der Waals surface area contributed by atoms with Gasteiger partial charge in [0.15, 0.2) is 0 Å². The number of rotatable bonds is 13. The van der Waals surface area contributed by atoms with Gasteiger partial charge in [0.05, 0.1) is 10.6 Å². The van der Waals surface area contributed by atoms with Gasteiger partial charge < -0.3 is 15.0 Å². The number of halogens is 1. The van der Waals surface area contributed by atoms with E-state index in [1.165, 1.54) is 41.3 Å². The monoisotopic (exact) mass is 631 g/mol. The van der Waals surface area contributed by atoms with Gasteiger partial charge in [0, 0.05) is 12.6 Å². The zero-order chi connectivity index (χ0) is 32.6. The van der Waals surface area contributed by atoms with Gasteiger partial charge in [-0.1, -0.05) is 55.0 Å². The molecule has 4 aromatic rings. The summed E-state index contributed by atoms with van der Waals surface area (Å²) in [6, 6.07) is 26.4. The van der Waals surface area contributed by atoms with Crippen molar-refractivity contribution in [2.75, 3.05) is 10.8 Å². The summed E-state index contributed by atoms with van der Waals surface area (Å²) in [5.41, 5.74) is 1.71. The Bertz CT molecular complexity index is 1680. The third kappa shape index (κ3) is 8.69. The molecule has 0 spiro atoms. The standard InChI is InChI=1S/C35H38FN3O5S/c1-5-26(3)37-35(41)27(4)38(23-28-13-15-29(36)16-14-28)34(40)24-39(45(42,43)33-21-11-25(2)12-22-33)30-17-19-32(20-18-30)44-31-9-7-6-8-10-31/h6-22,26-27H,5,23-24H2,1-4H3,(H,37,41)/t26-,27+/m1/s1. The zero-order valence-electron chi connectivity index (χ0n) is 25.8. The lowest BCUT2D eigenvalue weighted by Crippen LogP contribution is -2.52. The van der Waals surface area contributed by atoms with Crippen LogP contribution in [0.3, 0.4) is 0 Å². The lowest BCUT2D eigenvalue weighted by Gasteiger charge is -2.32. The van der Waals surface area contributed by atoms with Crippen molar-refractivity contribution in [2.24, 2.45) is 0 Å². The van der Waals surface area contributed by atoms with Crippen LogP contribution in [-0.2, 0) is 26.2 Å².